The van der Waals surface area contributed by atoms with E-state index in [0.717, 1.165) is 23.7 Å². The van der Waals surface area contributed by atoms with E-state index in [4.69, 9.17) is 11.6 Å². The molecule has 0 aliphatic heterocycles. The maximum absolute atomic E-state index is 6.17. The van der Waals surface area contributed by atoms with E-state index in [1.165, 1.54) is 12.8 Å². The first-order valence-corrected chi connectivity index (χ1v) is 4.78. The highest BCUT2D eigenvalue weighted by Crippen LogP contribution is 2.53. The second-order valence-electron chi connectivity index (χ2n) is 4.13. The van der Waals surface area contributed by atoms with Gasteiger partial charge in [0, 0.05) is 5.38 Å². The standard InChI is InChI=1S/C9H15Cl/c1-5-6(2)8-3-7(5)4-9(8)10/h5-9H,3-4H2,1-2H3. The van der Waals surface area contributed by atoms with Gasteiger partial charge in [-0.25, -0.2) is 0 Å². The van der Waals surface area contributed by atoms with Crippen molar-refractivity contribution in [3.63, 3.8) is 0 Å². The van der Waals surface area contributed by atoms with Crippen molar-refractivity contribution in [1.82, 2.24) is 0 Å². The summed E-state index contributed by atoms with van der Waals surface area (Å²) >= 11 is 6.17. The first kappa shape index (κ1) is 6.97. The van der Waals surface area contributed by atoms with Crippen LogP contribution in [0.25, 0.3) is 0 Å². The predicted octanol–water partition coefficient (Wildman–Crippen LogP) is 2.91. The molecule has 1 heteroatoms. The highest BCUT2D eigenvalue weighted by Gasteiger charge is 2.47. The minimum atomic E-state index is 0.510. The molecule has 0 radical (unpaired) electrons. The van der Waals surface area contributed by atoms with Crippen LogP contribution in [0.3, 0.4) is 0 Å². The third kappa shape index (κ3) is 0.747. The lowest BCUT2D eigenvalue weighted by Gasteiger charge is -2.27. The second-order valence-corrected chi connectivity index (χ2v) is 4.69. The fraction of sp³-hybridized carbons (Fsp3) is 1.00. The van der Waals surface area contributed by atoms with Gasteiger partial charge < -0.3 is 0 Å². The lowest BCUT2D eigenvalue weighted by molar-refractivity contribution is 0.263. The van der Waals surface area contributed by atoms with E-state index in [0.29, 0.717) is 5.38 Å². The molecule has 2 bridgehead atoms. The highest BCUT2D eigenvalue weighted by molar-refractivity contribution is 6.21. The van der Waals surface area contributed by atoms with Crippen molar-refractivity contribution in [1.29, 1.82) is 0 Å². The molecular formula is C9H15Cl. The Morgan fingerprint density at radius 3 is 2.20 bits per heavy atom. The molecule has 58 valence electrons. The van der Waals surface area contributed by atoms with Crippen molar-refractivity contribution in [2.24, 2.45) is 23.7 Å². The molecule has 5 atom stereocenters. The van der Waals surface area contributed by atoms with Gasteiger partial charge in [-0.3, -0.25) is 0 Å². The Balaban J connectivity index is 2.16. The van der Waals surface area contributed by atoms with Crippen molar-refractivity contribution < 1.29 is 0 Å². The molecule has 2 aliphatic rings. The summed E-state index contributed by atoms with van der Waals surface area (Å²) in [7, 11) is 0. The molecule has 5 unspecified atom stereocenters. The Hall–Kier alpha value is 0.290. The van der Waals surface area contributed by atoms with Crippen molar-refractivity contribution >= 4 is 11.6 Å². The normalized spacial score (nSPS) is 59.7. The first-order chi connectivity index (χ1) is 4.70. The van der Waals surface area contributed by atoms with E-state index in [1.54, 1.807) is 0 Å². The summed E-state index contributed by atoms with van der Waals surface area (Å²) in [4.78, 5) is 0. The van der Waals surface area contributed by atoms with Crippen LogP contribution in [-0.4, -0.2) is 5.38 Å². The summed E-state index contributed by atoms with van der Waals surface area (Å²) in [5.74, 6) is 3.64. The number of rotatable bonds is 0. The molecule has 0 saturated heterocycles. The van der Waals surface area contributed by atoms with Crippen molar-refractivity contribution in [2.75, 3.05) is 0 Å². The summed E-state index contributed by atoms with van der Waals surface area (Å²) in [6.07, 6.45) is 2.70. The minimum absolute atomic E-state index is 0.510. The average molecular weight is 159 g/mol. The summed E-state index contributed by atoms with van der Waals surface area (Å²) < 4.78 is 0. The van der Waals surface area contributed by atoms with Crippen molar-refractivity contribution in [2.45, 2.75) is 32.1 Å². The summed E-state index contributed by atoms with van der Waals surface area (Å²) in [6.45, 7) is 4.75. The molecule has 10 heavy (non-hydrogen) atoms. The molecule has 2 aliphatic carbocycles. The third-order valence-electron chi connectivity index (χ3n) is 3.82. The average Bonchev–Trinajstić information content (AvgIpc) is 2.36. The van der Waals surface area contributed by atoms with Crippen LogP contribution in [0.2, 0.25) is 0 Å². The monoisotopic (exact) mass is 158 g/mol. The lowest BCUT2D eigenvalue weighted by atomic mass is 9.82. The number of hydrogen-bond acceptors (Lipinski definition) is 0. The molecule has 0 spiro atoms. The van der Waals surface area contributed by atoms with E-state index in [1.807, 2.05) is 0 Å². The van der Waals surface area contributed by atoms with E-state index in [-0.39, 0.29) is 0 Å². The van der Waals surface area contributed by atoms with Gasteiger partial charge in [-0.2, -0.15) is 0 Å². The van der Waals surface area contributed by atoms with Gasteiger partial charge in [0.1, 0.15) is 0 Å². The molecule has 2 rings (SSSR count). The van der Waals surface area contributed by atoms with E-state index in [2.05, 4.69) is 13.8 Å². The maximum atomic E-state index is 6.17. The van der Waals surface area contributed by atoms with Gasteiger partial charge in [0.25, 0.3) is 0 Å². The van der Waals surface area contributed by atoms with Crippen molar-refractivity contribution in [3.8, 4) is 0 Å². The van der Waals surface area contributed by atoms with Gasteiger partial charge in [0.2, 0.25) is 0 Å². The quantitative estimate of drug-likeness (QED) is 0.476. The zero-order valence-electron chi connectivity index (χ0n) is 6.68. The fourth-order valence-electron chi connectivity index (χ4n) is 2.85. The maximum Gasteiger partial charge on any atom is 0.0369 e. The molecule has 0 aromatic heterocycles. The van der Waals surface area contributed by atoms with Crippen LogP contribution in [0, 0.1) is 23.7 Å². The molecule has 0 aromatic carbocycles. The number of fused-ring (bicyclic) bond motifs is 2. The molecule has 2 saturated carbocycles. The Labute approximate surface area is 68.0 Å². The van der Waals surface area contributed by atoms with Gasteiger partial charge in [-0.1, -0.05) is 13.8 Å². The summed E-state index contributed by atoms with van der Waals surface area (Å²) in [5.41, 5.74) is 0. The predicted molar refractivity (Wildman–Crippen MR) is 44.2 cm³/mol. The molecule has 0 heterocycles. The van der Waals surface area contributed by atoms with E-state index < -0.39 is 0 Å². The molecule has 0 amide bonds. The first-order valence-electron chi connectivity index (χ1n) is 4.34. The molecule has 2 fully saturated rings. The molecule has 0 N–H and O–H groups in total. The zero-order chi connectivity index (χ0) is 7.30. The Bertz CT molecular complexity index is 142. The topological polar surface area (TPSA) is 0 Å². The van der Waals surface area contributed by atoms with Gasteiger partial charge in [-0.15, -0.1) is 11.6 Å². The van der Waals surface area contributed by atoms with Crippen LogP contribution in [0.15, 0.2) is 0 Å². The van der Waals surface area contributed by atoms with Gasteiger partial charge in [0.05, 0.1) is 0 Å². The van der Waals surface area contributed by atoms with Crippen LogP contribution < -0.4 is 0 Å². The SMILES string of the molecule is CC1C2CC(Cl)C(C2)C1C. The van der Waals surface area contributed by atoms with Crippen LogP contribution in [0.1, 0.15) is 26.7 Å². The lowest BCUT2D eigenvalue weighted by Crippen LogP contribution is -2.24. The number of alkyl halides is 1. The Morgan fingerprint density at radius 2 is 1.80 bits per heavy atom. The van der Waals surface area contributed by atoms with Gasteiger partial charge in [0.15, 0.2) is 0 Å². The van der Waals surface area contributed by atoms with Crippen molar-refractivity contribution in [3.05, 3.63) is 0 Å². The Morgan fingerprint density at radius 1 is 1.10 bits per heavy atom. The molecular weight excluding hydrogens is 144 g/mol. The Kier molecular flexibility index (Phi) is 1.49. The van der Waals surface area contributed by atoms with E-state index >= 15 is 0 Å². The number of hydrogen-bond donors (Lipinski definition) is 0. The summed E-state index contributed by atoms with van der Waals surface area (Å²) in [5, 5.41) is 0.510. The second kappa shape index (κ2) is 2.14. The smallest absolute Gasteiger partial charge is 0.0369 e. The minimum Gasteiger partial charge on any atom is -0.123 e. The van der Waals surface area contributed by atoms with Crippen LogP contribution in [-0.2, 0) is 0 Å². The van der Waals surface area contributed by atoms with Crippen LogP contribution in [0.5, 0.6) is 0 Å². The summed E-state index contributed by atoms with van der Waals surface area (Å²) in [6, 6.07) is 0. The third-order valence-corrected chi connectivity index (χ3v) is 4.32. The molecule has 0 nitrogen and oxygen atoms in total. The molecule has 0 aromatic rings. The zero-order valence-corrected chi connectivity index (χ0v) is 7.43. The van der Waals surface area contributed by atoms with Gasteiger partial charge in [-0.05, 0) is 36.5 Å². The fourth-order valence-corrected chi connectivity index (χ4v) is 3.41. The van der Waals surface area contributed by atoms with E-state index in [9.17, 15) is 0 Å². The van der Waals surface area contributed by atoms with Crippen LogP contribution >= 0.6 is 11.6 Å². The van der Waals surface area contributed by atoms with Gasteiger partial charge >= 0.3 is 0 Å². The number of halogens is 1. The largest absolute Gasteiger partial charge is 0.123 e. The highest BCUT2D eigenvalue weighted by atomic mass is 35.5. The van der Waals surface area contributed by atoms with Crippen LogP contribution in [0.4, 0.5) is 0 Å².